The number of thioether (sulfide) groups is 1. The summed E-state index contributed by atoms with van der Waals surface area (Å²) in [4.78, 5) is 258. The minimum atomic E-state index is -1.93. The normalized spacial score (nSPS) is 19.5. The first-order chi connectivity index (χ1) is 60.8. The summed E-state index contributed by atoms with van der Waals surface area (Å²) < 4.78 is 11.5. The van der Waals surface area contributed by atoms with Gasteiger partial charge in [0.05, 0.1) is 60.4 Å². The molecular formula is C88H119N17O22S. The molecule has 2 aliphatic rings. The number of ether oxygens (including phenoxy) is 2. The van der Waals surface area contributed by atoms with Crippen LogP contribution in [0.15, 0.2) is 97.2 Å². The number of hydrogen-bond donors (Lipinski definition) is 19. The van der Waals surface area contributed by atoms with Gasteiger partial charge in [0.25, 0.3) is 0 Å². The molecule has 13 unspecified atom stereocenters. The number of unbranched alkanes of at least 4 members (excludes halogenated alkanes) is 1. The van der Waals surface area contributed by atoms with Gasteiger partial charge >= 0.3 is 5.97 Å². The van der Waals surface area contributed by atoms with Crippen LogP contribution >= 0.6 is 11.8 Å². The van der Waals surface area contributed by atoms with Gasteiger partial charge in [-0.2, -0.15) is 11.8 Å². The number of Topliss-reactive ketones (excluding diaryl/α,β-unsaturated/α-hetero) is 5. The average Bonchev–Trinajstić information content (AvgIpc) is 1.14. The fourth-order valence-corrected chi connectivity index (χ4v) is 16.6. The molecule has 2 saturated heterocycles. The number of aliphatic carboxylic acids is 1. The second-order valence-electron chi connectivity index (χ2n) is 32.6. The predicted molar refractivity (Wildman–Crippen MR) is 470 cm³/mol. The molecule has 0 bridgehead atoms. The van der Waals surface area contributed by atoms with Gasteiger partial charge in [0.15, 0.2) is 28.9 Å². The Kier molecular flexibility index (Phi) is 40.8. The van der Waals surface area contributed by atoms with Crippen LogP contribution in [0.4, 0.5) is 0 Å². The summed E-state index contributed by atoms with van der Waals surface area (Å²) >= 11 is 1.00. The third-order valence-corrected chi connectivity index (χ3v) is 23.9. The number of nitrogens with two attached hydrogens (primary N) is 7. The maximum absolute atomic E-state index is 16.0. The number of H-pyrrole nitrogens is 1. The lowest BCUT2D eigenvalue weighted by Crippen LogP contribution is -2.59. The van der Waals surface area contributed by atoms with E-state index in [0.717, 1.165) is 29.5 Å². The maximum Gasteiger partial charge on any atom is 0.303 e. The smallest absolute Gasteiger partial charge is 0.303 e. The number of carboxylic acids is 1. The molecule has 694 valence electrons. The number of rotatable bonds is 47. The predicted octanol–water partition coefficient (Wildman–Crippen LogP) is -0.628. The highest BCUT2D eigenvalue weighted by atomic mass is 32.2. The molecule has 1 aromatic heterocycles. The van der Waals surface area contributed by atoms with Crippen molar-refractivity contribution >= 4 is 145 Å². The number of amidine groups is 1. The Hall–Kier alpha value is -12.4. The van der Waals surface area contributed by atoms with Gasteiger partial charge in [0.1, 0.15) is 30.0 Å². The molecule has 7 rings (SSSR count). The molecular weight excluding hydrogens is 1680 g/mol. The number of carbonyl (C=O) groups is 18. The van der Waals surface area contributed by atoms with E-state index in [1.807, 2.05) is 18.2 Å². The summed E-state index contributed by atoms with van der Waals surface area (Å²) in [5, 5.41) is 52.7. The second-order valence-corrected chi connectivity index (χ2v) is 33.8. The fourth-order valence-electron chi connectivity index (χ4n) is 15.4. The third kappa shape index (κ3) is 32.8. The van der Waals surface area contributed by atoms with Gasteiger partial charge in [-0.25, -0.2) is 0 Å². The number of carbonyl (C=O) groups excluding carboxylic acids is 17. The number of primary amides is 5. The SMILES string of the molecule is CNC(CCCCC(=N)N)C(=O)NC1CCSCC(C(=O)NC(Cc2ccc(OCCN)cc2)C(=O)CC(Cc2ccc3ccccc3c2)C(=O)NC2(C(=O)CC(CCC(=O)O)C(=O)NC(CC(N)=O)C(=O)CC(CC(N)=O)C(N)=O)CCOCC2)CC(=O)C(CCC(N)=O)NC(=O)C(Cc2c[nH]c3ccccc23)NC(=O)C(C(C)O)NC(=O)C(CCC(N)=O)CC1=O. The molecule has 0 saturated carbocycles. The Morgan fingerprint density at radius 3 is 1.92 bits per heavy atom. The zero-order valence-corrected chi connectivity index (χ0v) is 72.6. The van der Waals surface area contributed by atoms with Gasteiger partial charge in [0.2, 0.25) is 70.9 Å². The van der Waals surface area contributed by atoms with Gasteiger partial charge in [-0.05, 0) is 117 Å². The number of hydrogen-bond acceptors (Lipinski definition) is 25. The van der Waals surface area contributed by atoms with Crippen molar-refractivity contribution in [3.05, 3.63) is 114 Å². The Balaban J connectivity index is 1.33. The number of aliphatic hydroxyl groups excluding tert-OH is 1. The van der Waals surface area contributed by atoms with Crippen LogP contribution in [0, 0.1) is 35.0 Å². The largest absolute Gasteiger partial charge is 0.492 e. The van der Waals surface area contributed by atoms with Crippen LogP contribution in [-0.2, 0) is 110 Å². The molecule has 4 aromatic carbocycles. The zero-order chi connectivity index (χ0) is 93.9. The fraction of sp³-hybridized carbons (Fsp3) is 0.511. The Bertz CT molecular complexity index is 4830. The van der Waals surface area contributed by atoms with E-state index >= 15 is 33.6 Å². The first kappa shape index (κ1) is 103. The number of para-hydroxylation sites is 1. The van der Waals surface area contributed by atoms with Gasteiger partial charge < -0.3 is 107 Å². The number of ketones is 5. The highest BCUT2D eigenvalue weighted by Crippen LogP contribution is 2.32. The van der Waals surface area contributed by atoms with Crippen molar-refractivity contribution in [3.8, 4) is 5.75 Å². The van der Waals surface area contributed by atoms with Crippen molar-refractivity contribution in [3.63, 3.8) is 0 Å². The first-order valence-corrected chi connectivity index (χ1v) is 43.7. The average molecular weight is 1800 g/mol. The van der Waals surface area contributed by atoms with Crippen molar-refractivity contribution in [2.75, 3.05) is 44.9 Å². The molecule has 0 spiro atoms. The van der Waals surface area contributed by atoms with Gasteiger partial charge in [-0.3, -0.25) is 91.7 Å². The van der Waals surface area contributed by atoms with Crippen molar-refractivity contribution in [2.24, 2.45) is 69.7 Å². The quantitative estimate of drug-likeness (QED) is 0.0131. The van der Waals surface area contributed by atoms with Crippen LogP contribution < -0.4 is 87.4 Å². The molecule has 40 heteroatoms. The van der Waals surface area contributed by atoms with E-state index < -0.39 is 266 Å². The molecule has 2 fully saturated rings. The number of aromatic nitrogens is 1. The number of aromatic amines is 1. The van der Waals surface area contributed by atoms with Crippen LogP contribution in [-0.4, -0.2) is 226 Å². The van der Waals surface area contributed by atoms with E-state index in [4.69, 9.17) is 55.0 Å². The van der Waals surface area contributed by atoms with E-state index in [1.165, 1.54) is 7.05 Å². The van der Waals surface area contributed by atoms with Crippen LogP contribution in [0.2, 0.25) is 0 Å². The standard InChI is InChI=1S/C88H119N17O22S/c1-48(106)79-87(125)103-67(38-57-46-98-61-12-6-5-11-60(57)61)86(124)99-62(23-25-75(93)113)69(108)42-58(47-128-34-27-63(68(107)39-53(82(120)104-79)19-24-74(92)112)100-85(123)64(97-2)13-7-8-14-73(90)91)83(121)101-65(37-49-16-21-59(22-17-49)127-33-30-89)71(110)41-56(36-50-15-18-51-9-3-4-10-52(51)35-50)84(122)105-88(28-31-126-32-29-88)72(111)43-54(20-26-78(116)117)81(119)102-66(45-77(95)115)70(109)40-55(80(96)118)44-76(94)114/h3-6,9-12,15-18,21-22,35,46,48,53-56,58,62-67,79,97-98,106H,7-8,13-14,19-20,23-34,36-45,47,89H2,1-2H3,(H3,90,91)(H2,92,112)(H2,93,113)(H2,94,114)(H2,95,115)(H2,96,118)(H,99,124)(H,100,123)(H,101,121)(H,102,119)(H,103,125)(H,104,120)(H,105,122)(H,116,117). The topological polar surface area (TPSA) is 684 Å². The Morgan fingerprint density at radius 2 is 1.27 bits per heavy atom. The van der Waals surface area contributed by atoms with Crippen LogP contribution in [0.1, 0.15) is 152 Å². The molecule has 2 aliphatic heterocycles. The third-order valence-electron chi connectivity index (χ3n) is 22.7. The lowest BCUT2D eigenvalue weighted by atomic mass is 9.79. The van der Waals surface area contributed by atoms with E-state index in [-0.39, 0.29) is 101 Å². The van der Waals surface area contributed by atoms with Crippen molar-refractivity contribution < 1.29 is 106 Å². The molecule has 128 heavy (non-hydrogen) atoms. The molecule has 13 atom stereocenters. The van der Waals surface area contributed by atoms with Crippen molar-refractivity contribution in [2.45, 2.75) is 209 Å². The minimum Gasteiger partial charge on any atom is -0.492 e. The lowest BCUT2D eigenvalue weighted by Gasteiger charge is -2.38. The molecule has 0 radical (unpaired) electrons. The van der Waals surface area contributed by atoms with Crippen LogP contribution in [0.3, 0.4) is 0 Å². The number of likely N-dealkylation sites (N-methyl/N-ethyl adjacent to an activating group) is 1. The minimum absolute atomic E-state index is 0.0735. The Morgan fingerprint density at radius 1 is 0.625 bits per heavy atom. The van der Waals surface area contributed by atoms with Gasteiger partial charge in [0, 0.05) is 144 Å². The number of nitrogens with one attached hydrogen (secondary N) is 10. The van der Waals surface area contributed by atoms with Crippen LogP contribution in [0.25, 0.3) is 21.7 Å². The van der Waals surface area contributed by atoms with Crippen molar-refractivity contribution in [1.82, 2.24) is 47.5 Å². The number of aliphatic hydroxyl groups is 1. The summed E-state index contributed by atoms with van der Waals surface area (Å²) in [7, 11) is 1.51. The highest BCUT2D eigenvalue weighted by Gasteiger charge is 2.46. The summed E-state index contributed by atoms with van der Waals surface area (Å²) in [5.74, 6) is -25.2. The number of amides is 12. The van der Waals surface area contributed by atoms with E-state index in [9.17, 15) is 63.0 Å². The summed E-state index contributed by atoms with van der Waals surface area (Å²) in [6, 6.07) is 14.8. The van der Waals surface area contributed by atoms with Crippen LogP contribution in [0.5, 0.6) is 5.75 Å². The zero-order valence-electron chi connectivity index (χ0n) is 71.8. The van der Waals surface area contributed by atoms with Gasteiger partial charge in [-0.15, -0.1) is 0 Å². The molecule has 5 aromatic rings. The summed E-state index contributed by atoms with van der Waals surface area (Å²) in [6.07, 6.45) is -8.99. The number of benzene rings is 4. The molecule has 39 nitrogen and oxygen atoms in total. The highest BCUT2D eigenvalue weighted by molar-refractivity contribution is 7.99. The van der Waals surface area contributed by atoms with E-state index in [0.29, 0.717) is 46.2 Å². The Labute approximate surface area is 743 Å². The lowest BCUT2D eigenvalue weighted by molar-refractivity contribution is -0.142. The monoisotopic (exact) mass is 1800 g/mol. The first-order valence-electron chi connectivity index (χ1n) is 42.6. The molecule has 12 amide bonds. The van der Waals surface area contributed by atoms with Crippen molar-refractivity contribution in [1.29, 1.82) is 5.41 Å². The number of carboxylic acid groups (broad SMARTS) is 1. The summed E-state index contributed by atoms with van der Waals surface area (Å²) in [5.41, 5.74) is 39.0. The van der Waals surface area contributed by atoms with E-state index in [1.54, 1.807) is 79.0 Å². The molecule has 26 N–H and O–H groups in total. The maximum atomic E-state index is 16.0. The second kappa shape index (κ2) is 50.8. The molecule has 3 heterocycles. The van der Waals surface area contributed by atoms with E-state index in [2.05, 4.69) is 47.5 Å². The molecule has 0 aliphatic carbocycles. The van der Waals surface area contributed by atoms with Gasteiger partial charge in [-0.1, -0.05) is 79.2 Å². The number of fused-ring (bicyclic) bond motifs is 2. The summed E-state index contributed by atoms with van der Waals surface area (Å²) in [6.45, 7) is 1.10.